The monoisotopic (exact) mass is 577 g/mol. The van der Waals surface area contributed by atoms with Crippen molar-refractivity contribution in [1.29, 1.82) is 0 Å². The molecule has 0 aliphatic heterocycles. The molecular weight excluding hydrogens is 546 g/mol. The van der Waals surface area contributed by atoms with Gasteiger partial charge in [-0.25, -0.2) is 0 Å². The summed E-state index contributed by atoms with van der Waals surface area (Å²) in [5.41, 5.74) is 7.09. The van der Waals surface area contributed by atoms with Gasteiger partial charge >= 0.3 is 5.97 Å². The second kappa shape index (κ2) is 10.4. The van der Waals surface area contributed by atoms with E-state index in [2.05, 4.69) is 58.6 Å². The number of pyridine rings is 1. The quantitative estimate of drug-likeness (QED) is 0.188. The molecule has 6 nitrogen and oxygen atoms in total. The van der Waals surface area contributed by atoms with Crippen molar-refractivity contribution in [3.05, 3.63) is 94.8 Å². The van der Waals surface area contributed by atoms with Crippen molar-refractivity contribution in [3.63, 3.8) is 0 Å². The summed E-state index contributed by atoms with van der Waals surface area (Å²) < 4.78 is 1.89. The standard InChI is InChI=1S/C35H32ClN3O3/c1-21-2-5-27-14-26(8-11-31(27)38-21)25-6-3-22(4-7-25)20-39-34-28(9-10-30(36)29(34)19-37-39)32(40)12-23-15-35(16-23)17-24(18-35)13-33(41)42/h2-11,14,19,23-24H,12-13,15-18,20H2,1H3,(H,41,42). The summed E-state index contributed by atoms with van der Waals surface area (Å²) in [4.78, 5) is 29.2. The molecule has 1 N–H and O–H groups in total. The number of benzene rings is 3. The van der Waals surface area contributed by atoms with Gasteiger partial charge in [0.05, 0.1) is 28.8 Å². The largest absolute Gasteiger partial charge is 0.481 e. The summed E-state index contributed by atoms with van der Waals surface area (Å²) in [6.45, 7) is 2.53. The second-order valence-electron chi connectivity index (χ2n) is 12.5. The Bertz CT molecular complexity index is 1850. The van der Waals surface area contributed by atoms with Crippen LogP contribution in [0.2, 0.25) is 5.02 Å². The SMILES string of the molecule is Cc1ccc2cc(-c3ccc(Cn4ncc5c(Cl)ccc(C(=O)CC6CC7(CC(CC(=O)O)C7)C6)c54)cc3)ccc2n1. The number of carboxylic acids is 1. The van der Waals surface area contributed by atoms with Crippen molar-refractivity contribution in [2.75, 3.05) is 0 Å². The number of aromatic nitrogens is 3. The molecule has 0 saturated heterocycles. The van der Waals surface area contributed by atoms with Crippen LogP contribution in [0.25, 0.3) is 32.9 Å². The summed E-state index contributed by atoms with van der Waals surface area (Å²) in [5.74, 6) is 0.0643. The fraction of sp³-hybridized carbons (Fsp3) is 0.314. The van der Waals surface area contributed by atoms with E-state index in [0.29, 0.717) is 35.4 Å². The van der Waals surface area contributed by atoms with Gasteiger partial charge in [-0.05, 0) is 96.9 Å². The first-order valence-electron chi connectivity index (χ1n) is 14.6. The third kappa shape index (κ3) is 4.98. The van der Waals surface area contributed by atoms with Gasteiger partial charge in [-0.15, -0.1) is 0 Å². The average Bonchev–Trinajstić information content (AvgIpc) is 3.35. The van der Waals surface area contributed by atoms with Gasteiger partial charge in [-0.1, -0.05) is 48.0 Å². The Morgan fingerprint density at radius 2 is 1.64 bits per heavy atom. The number of Topliss-reactive ketones (excluding diaryl/α,β-unsaturated/α-hetero) is 1. The van der Waals surface area contributed by atoms with E-state index in [0.717, 1.165) is 69.9 Å². The number of carbonyl (C=O) groups excluding carboxylic acids is 1. The highest BCUT2D eigenvalue weighted by Gasteiger charge is 2.53. The Morgan fingerprint density at radius 1 is 0.929 bits per heavy atom. The normalized spacial score (nSPS) is 21.4. The van der Waals surface area contributed by atoms with Gasteiger partial charge in [0, 0.05) is 34.9 Å². The molecule has 2 aliphatic rings. The number of fused-ring (bicyclic) bond motifs is 2. The van der Waals surface area contributed by atoms with Crippen molar-refractivity contribution < 1.29 is 14.7 Å². The highest BCUT2D eigenvalue weighted by molar-refractivity contribution is 6.36. The molecule has 212 valence electrons. The van der Waals surface area contributed by atoms with Crippen LogP contribution < -0.4 is 0 Å². The minimum absolute atomic E-state index is 0.121. The van der Waals surface area contributed by atoms with Crippen LogP contribution in [-0.4, -0.2) is 31.6 Å². The van der Waals surface area contributed by atoms with Crippen LogP contribution in [0.1, 0.15) is 60.1 Å². The highest BCUT2D eigenvalue weighted by atomic mass is 35.5. The lowest BCUT2D eigenvalue weighted by Crippen LogP contribution is -2.48. The van der Waals surface area contributed by atoms with Crippen LogP contribution in [-0.2, 0) is 11.3 Å². The number of hydrogen-bond donors (Lipinski definition) is 1. The van der Waals surface area contributed by atoms with Crippen LogP contribution in [0.5, 0.6) is 0 Å². The summed E-state index contributed by atoms with van der Waals surface area (Å²) in [6.07, 6.45) is 6.53. The summed E-state index contributed by atoms with van der Waals surface area (Å²) in [7, 11) is 0. The van der Waals surface area contributed by atoms with E-state index < -0.39 is 5.97 Å². The van der Waals surface area contributed by atoms with Gasteiger partial charge in [-0.2, -0.15) is 5.10 Å². The number of ketones is 1. The molecule has 0 unspecified atom stereocenters. The zero-order valence-corrected chi connectivity index (χ0v) is 24.3. The molecule has 0 radical (unpaired) electrons. The predicted molar refractivity (Wildman–Crippen MR) is 165 cm³/mol. The highest BCUT2D eigenvalue weighted by Crippen LogP contribution is 2.62. The van der Waals surface area contributed by atoms with E-state index >= 15 is 0 Å². The van der Waals surface area contributed by atoms with Crippen LogP contribution >= 0.6 is 11.6 Å². The summed E-state index contributed by atoms with van der Waals surface area (Å²) >= 11 is 6.54. The lowest BCUT2D eigenvalue weighted by Gasteiger charge is -2.58. The average molecular weight is 578 g/mol. The Kier molecular flexibility index (Phi) is 6.62. The van der Waals surface area contributed by atoms with Gasteiger partial charge in [0.25, 0.3) is 0 Å². The molecule has 0 atom stereocenters. The number of hydrogen-bond acceptors (Lipinski definition) is 4. The van der Waals surface area contributed by atoms with Crippen molar-refractivity contribution in [3.8, 4) is 11.1 Å². The smallest absolute Gasteiger partial charge is 0.303 e. The van der Waals surface area contributed by atoms with Crippen LogP contribution in [0, 0.1) is 24.2 Å². The van der Waals surface area contributed by atoms with Gasteiger partial charge in [-0.3, -0.25) is 19.3 Å². The molecule has 2 heterocycles. The minimum atomic E-state index is -0.710. The number of nitrogens with zero attached hydrogens (tertiary/aromatic N) is 3. The number of aliphatic carboxylic acids is 1. The third-order valence-electron chi connectivity index (χ3n) is 9.32. The van der Waals surface area contributed by atoms with Gasteiger partial charge < -0.3 is 5.11 Å². The third-order valence-corrected chi connectivity index (χ3v) is 9.65. The van der Waals surface area contributed by atoms with Crippen LogP contribution in [0.15, 0.2) is 72.9 Å². The maximum atomic E-state index is 13.5. The van der Waals surface area contributed by atoms with E-state index in [4.69, 9.17) is 16.7 Å². The fourth-order valence-corrected chi connectivity index (χ4v) is 7.67. The zero-order chi connectivity index (χ0) is 29.0. The Hall–Kier alpha value is -4.03. The first-order chi connectivity index (χ1) is 20.2. The molecule has 2 aromatic heterocycles. The predicted octanol–water partition coefficient (Wildman–Crippen LogP) is 8.12. The molecule has 2 saturated carbocycles. The lowest BCUT2D eigenvalue weighted by molar-refractivity contribution is -0.142. The Morgan fingerprint density at radius 3 is 2.38 bits per heavy atom. The molecule has 2 aliphatic carbocycles. The zero-order valence-electron chi connectivity index (χ0n) is 23.5. The topological polar surface area (TPSA) is 85.1 Å². The Balaban J connectivity index is 1.07. The molecule has 1 spiro atoms. The van der Waals surface area contributed by atoms with E-state index in [1.54, 1.807) is 12.3 Å². The number of aryl methyl sites for hydroxylation is 1. The van der Waals surface area contributed by atoms with Crippen molar-refractivity contribution >= 4 is 45.2 Å². The van der Waals surface area contributed by atoms with E-state index in [9.17, 15) is 9.59 Å². The molecular formula is C35H32ClN3O3. The molecule has 0 amide bonds. The molecule has 7 rings (SSSR count). The Labute approximate surface area is 249 Å². The molecule has 2 fully saturated rings. The second-order valence-corrected chi connectivity index (χ2v) is 12.9. The van der Waals surface area contributed by atoms with E-state index in [1.165, 1.54) is 0 Å². The first kappa shape index (κ1) is 26.8. The number of rotatable bonds is 8. The first-order valence-corrected chi connectivity index (χ1v) is 15.0. The van der Waals surface area contributed by atoms with E-state index in [1.807, 2.05) is 23.7 Å². The van der Waals surface area contributed by atoms with Crippen LogP contribution in [0.4, 0.5) is 0 Å². The summed E-state index contributed by atoms with van der Waals surface area (Å²) in [5, 5.41) is 16.2. The van der Waals surface area contributed by atoms with Gasteiger partial charge in [0.15, 0.2) is 5.78 Å². The van der Waals surface area contributed by atoms with Crippen molar-refractivity contribution in [1.82, 2.24) is 14.8 Å². The van der Waals surface area contributed by atoms with Gasteiger partial charge in [0.1, 0.15) is 0 Å². The molecule has 3 aromatic carbocycles. The number of halogens is 1. The van der Waals surface area contributed by atoms with E-state index in [-0.39, 0.29) is 17.6 Å². The number of carbonyl (C=O) groups is 2. The van der Waals surface area contributed by atoms with Crippen molar-refractivity contribution in [2.45, 2.75) is 52.0 Å². The molecule has 42 heavy (non-hydrogen) atoms. The van der Waals surface area contributed by atoms with Crippen molar-refractivity contribution in [2.24, 2.45) is 17.3 Å². The molecule has 0 bridgehead atoms. The minimum Gasteiger partial charge on any atom is -0.481 e. The van der Waals surface area contributed by atoms with Gasteiger partial charge in [0.2, 0.25) is 0 Å². The van der Waals surface area contributed by atoms with Crippen LogP contribution in [0.3, 0.4) is 0 Å². The summed E-state index contributed by atoms with van der Waals surface area (Å²) in [6, 6.07) is 22.6. The maximum absolute atomic E-state index is 13.5. The fourth-order valence-electron chi connectivity index (χ4n) is 7.47. The molecule has 5 aromatic rings. The maximum Gasteiger partial charge on any atom is 0.303 e. The lowest BCUT2D eigenvalue weighted by atomic mass is 9.47. The number of carboxylic acid groups (broad SMARTS) is 1. The molecule has 7 heteroatoms.